The van der Waals surface area contributed by atoms with Gasteiger partial charge in [0, 0.05) is 6.04 Å². The third kappa shape index (κ3) is 4.71. The molecule has 1 heterocycles. The second-order valence-corrected chi connectivity index (χ2v) is 5.68. The second-order valence-electron chi connectivity index (χ2n) is 4.90. The summed E-state index contributed by atoms with van der Waals surface area (Å²) in [5.41, 5.74) is 0. The molecule has 0 bridgehead atoms. The number of rotatable bonds is 6. The summed E-state index contributed by atoms with van der Waals surface area (Å²) in [6.07, 6.45) is 2.48. The Morgan fingerprint density at radius 3 is 2.38 bits per heavy atom. The zero-order valence-electron chi connectivity index (χ0n) is 10.6. The molecule has 16 heavy (non-hydrogen) atoms. The first-order valence-electron chi connectivity index (χ1n) is 6.00. The molecule has 0 aromatic carbocycles. The van der Waals surface area contributed by atoms with Crippen molar-refractivity contribution >= 4 is 15.9 Å². The summed E-state index contributed by atoms with van der Waals surface area (Å²) < 4.78 is 6.32. The maximum atomic E-state index is 5.53. The number of hydrogen-bond donors (Lipinski definition) is 1. The number of furan rings is 1. The third-order valence-electron chi connectivity index (χ3n) is 2.73. The topological polar surface area (TPSA) is 25.2 Å². The van der Waals surface area contributed by atoms with E-state index in [1.54, 1.807) is 0 Å². The normalized spacial score (nSPS) is 15.4. The van der Waals surface area contributed by atoms with Crippen molar-refractivity contribution in [3.8, 4) is 0 Å². The minimum absolute atomic E-state index is 0.272. The van der Waals surface area contributed by atoms with Crippen molar-refractivity contribution in [1.29, 1.82) is 0 Å². The fourth-order valence-corrected chi connectivity index (χ4v) is 2.06. The first-order chi connectivity index (χ1) is 7.49. The molecule has 1 aromatic rings. The minimum atomic E-state index is 0.272. The molecule has 2 unspecified atom stereocenters. The Hall–Kier alpha value is -0.280. The van der Waals surface area contributed by atoms with Crippen LogP contribution < -0.4 is 5.32 Å². The van der Waals surface area contributed by atoms with Crippen molar-refractivity contribution in [3.63, 3.8) is 0 Å². The first kappa shape index (κ1) is 13.8. The zero-order chi connectivity index (χ0) is 12.1. The predicted molar refractivity (Wildman–Crippen MR) is 71.5 cm³/mol. The average molecular weight is 288 g/mol. The fourth-order valence-electron chi connectivity index (χ4n) is 1.74. The third-order valence-corrected chi connectivity index (χ3v) is 3.16. The van der Waals surface area contributed by atoms with Gasteiger partial charge in [-0.3, -0.25) is 0 Å². The van der Waals surface area contributed by atoms with Gasteiger partial charge in [-0.25, -0.2) is 0 Å². The summed E-state index contributed by atoms with van der Waals surface area (Å²) in [6, 6.07) is 4.75. The van der Waals surface area contributed by atoms with Crippen LogP contribution in [-0.4, -0.2) is 6.04 Å². The highest BCUT2D eigenvalue weighted by Gasteiger charge is 2.12. The van der Waals surface area contributed by atoms with Crippen LogP contribution in [0.15, 0.2) is 21.2 Å². The van der Waals surface area contributed by atoms with Crippen LogP contribution in [0.4, 0.5) is 0 Å². The van der Waals surface area contributed by atoms with E-state index < -0.39 is 0 Å². The van der Waals surface area contributed by atoms with Crippen molar-refractivity contribution in [1.82, 2.24) is 5.32 Å². The summed E-state index contributed by atoms with van der Waals surface area (Å²) in [5, 5.41) is 3.55. The summed E-state index contributed by atoms with van der Waals surface area (Å²) in [5.74, 6) is 1.76. The zero-order valence-corrected chi connectivity index (χ0v) is 12.2. The van der Waals surface area contributed by atoms with Crippen LogP contribution in [0.2, 0.25) is 0 Å². The first-order valence-corrected chi connectivity index (χ1v) is 6.79. The van der Waals surface area contributed by atoms with Crippen LogP contribution in [0.3, 0.4) is 0 Å². The van der Waals surface area contributed by atoms with E-state index in [2.05, 4.69) is 48.9 Å². The van der Waals surface area contributed by atoms with Crippen LogP contribution in [-0.2, 0) is 0 Å². The Kier molecular flexibility index (Phi) is 5.56. The molecule has 1 N–H and O–H groups in total. The van der Waals surface area contributed by atoms with Gasteiger partial charge in [0.25, 0.3) is 0 Å². The molecule has 0 radical (unpaired) electrons. The van der Waals surface area contributed by atoms with Gasteiger partial charge in [0.1, 0.15) is 5.76 Å². The molecule has 92 valence electrons. The van der Waals surface area contributed by atoms with Gasteiger partial charge in [0.2, 0.25) is 0 Å². The van der Waals surface area contributed by atoms with Gasteiger partial charge < -0.3 is 9.73 Å². The number of hydrogen-bond acceptors (Lipinski definition) is 2. The lowest BCUT2D eigenvalue weighted by Crippen LogP contribution is -2.28. The van der Waals surface area contributed by atoms with Gasteiger partial charge in [-0.2, -0.15) is 0 Å². The molecular weight excluding hydrogens is 266 g/mol. The molecule has 0 aliphatic rings. The lowest BCUT2D eigenvalue weighted by atomic mass is 10.0. The molecule has 2 nitrogen and oxygen atoms in total. The standard InChI is InChI=1S/C13H22BrNO/c1-9(2)5-6-10(3)15-11(4)12-7-8-13(14)16-12/h7-11,15H,5-6H2,1-4H3. The Balaban J connectivity index is 2.36. The number of halogens is 1. The molecule has 0 spiro atoms. The molecule has 0 amide bonds. The van der Waals surface area contributed by atoms with Gasteiger partial charge in [-0.1, -0.05) is 13.8 Å². The Bertz CT molecular complexity index is 309. The molecule has 0 aliphatic heterocycles. The maximum Gasteiger partial charge on any atom is 0.169 e. The van der Waals surface area contributed by atoms with E-state index in [1.165, 1.54) is 12.8 Å². The molecule has 3 heteroatoms. The Labute approximate surface area is 107 Å². The summed E-state index contributed by atoms with van der Waals surface area (Å²) in [7, 11) is 0. The molecule has 0 fully saturated rings. The lowest BCUT2D eigenvalue weighted by Gasteiger charge is -2.19. The quantitative estimate of drug-likeness (QED) is 0.832. The highest BCUT2D eigenvalue weighted by Crippen LogP contribution is 2.21. The second kappa shape index (κ2) is 6.45. The van der Waals surface area contributed by atoms with E-state index in [0.29, 0.717) is 6.04 Å². The largest absolute Gasteiger partial charge is 0.453 e. The molecule has 0 aliphatic carbocycles. The molecule has 0 saturated carbocycles. The van der Waals surface area contributed by atoms with Crippen molar-refractivity contribution in [3.05, 3.63) is 22.6 Å². The lowest BCUT2D eigenvalue weighted by molar-refractivity contribution is 0.367. The molecule has 2 atom stereocenters. The monoisotopic (exact) mass is 287 g/mol. The minimum Gasteiger partial charge on any atom is -0.453 e. The van der Waals surface area contributed by atoms with Gasteiger partial charge in [-0.15, -0.1) is 0 Å². The smallest absolute Gasteiger partial charge is 0.169 e. The van der Waals surface area contributed by atoms with E-state index in [4.69, 9.17) is 4.42 Å². The number of nitrogens with one attached hydrogen (secondary N) is 1. The molecule has 1 aromatic heterocycles. The van der Waals surface area contributed by atoms with Gasteiger partial charge in [-0.05, 0) is 60.7 Å². The SMILES string of the molecule is CC(C)CCC(C)NC(C)c1ccc(Br)o1. The Morgan fingerprint density at radius 1 is 1.19 bits per heavy atom. The molecular formula is C13H22BrNO. The molecule has 1 rings (SSSR count). The maximum absolute atomic E-state index is 5.53. The Morgan fingerprint density at radius 2 is 1.88 bits per heavy atom. The van der Waals surface area contributed by atoms with E-state index >= 15 is 0 Å². The fraction of sp³-hybridized carbons (Fsp3) is 0.692. The summed E-state index contributed by atoms with van der Waals surface area (Å²) in [6.45, 7) is 8.90. The summed E-state index contributed by atoms with van der Waals surface area (Å²) >= 11 is 3.32. The highest BCUT2D eigenvalue weighted by molar-refractivity contribution is 9.10. The molecule has 0 saturated heterocycles. The van der Waals surface area contributed by atoms with Crippen LogP contribution in [0.5, 0.6) is 0 Å². The van der Waals surface area contributed by atoms with Crippen molar-refractivity contribution in [2.24, 2.45) is 5.92 Å². The highest BCUT2D eigenvalue weighted by atomic mass is 79.9. The summed E-state index contributed by atoms with van der Waals surface area (Å²) in [4.78, 5) is 0. The van der Waals surface area contributed by atoms with Crippen LogP contribution >= 0.6 is 15.9 Å². The van der Waals surface area contributed by atoms with E-state index in [1.807, 2.05) is 12.1 Å². The van der Waals surface area contributed by atoms with Gasteiger partial charge in [0.05, 0.1) is 6.04 Å². The van der Waals surface area contributed by atoms with Crippen LogP contribution in [0, 0.1) is 5.92 Å². The van der Waals surface area contributed by atoms with Crippen LogP contribution in [0.1, 0.15) is 52.3 Å². The van der Waals surface area contributed by atoms with Crippen molar-refractivity contribution in [2.45, 2.75) is 52.6 Å². The average Bonchev–Trinajstić information content (AvgIpc) is 2.62. The van der Waals surface area contributed by atoms with E-state index in [9.17, 15) is 0 Å². The van der Waals surface area contributed by atoms with Gasteiger partial charge in [0.15, 0.2) is 4.67 Å². The van der Waals surface area contributed by atoms with Crippen molar-refractivity contribution in [2.75, 3.05) is 0 Å². The predicted octanol–water partition coefficient (Wildman–Crippen LogP) is 4.52. The van der Waals surface area contributed by atoms with E-state index in [-0.39, 0.29) is 6.04 Å². The van der Waals surface area contributed by atoms with Gasteiger partial charge >= 0.3 is 0 Å². The van der Waals surface area contributed by atoms with E-state index in [0.717, 1.165) is 16.3 Å². The van der Waals surface area contributed by atoms with Crippen LogP contribution in [0.25, 0.3) is 0 Å². The van der Waals surface area contributed by atoms with Crippen molar-refractivity contribution < 1.29 is 4.42 Å².